The quantitative estimate of drug-likeness (QED) is 0.335. The highest BCUT2D eigenvalue weighted by Crippen LogP contribution is 2.14. The van der Waals surface area contributed by atoms with Gasteiger partial charge in [-0.2, -0.15) is 0 Å². The highest BCUT2D eigenvalue weighted by molar-refractivity contribution is 6.08. The van der Waals surface area contributed by atoms with Crippen molar-refractivity contribution in [3.05, 3.63) is 23.3 Å². The topological polar surface area (TPSA) is 55.8 Å². The van der Waals surface area contributed by atoms with Crippen molar-refractivity contribution in [1.29, 1.82) is 0 Å². The number of ketones is 1. The molecule has 1 aliphatic rings. The third-order valence-electron chi connectivity index (χ3n) is 3.68. The summed E-state index contributed by atoms with van der Waals surface area (Å²) in [6.45, 7) is 8.28. The fourth-order valence-electron chi connectivity index (χ4n) is 2.16. The number of hydrogen-bond acceptors (Lipinski definition) is 4. The van der Waals surface area contributed by atoms with Crippen LogP contribution in [0.3, 0.4) is 0 Å². The van der Waals surface area contributed by atoms with E-state index in [4.69, 9.17) is 9.47 Å². The molecule has 1 fully saturated rings. The van der Waals surface area contributed by atoms with Gasteiger partial charge in [0.25, 0.3) is 0 Å². The number of rotatable bonds is 7. The Labute approximate surface area is 145 Å². The molecule has 0 aromatic heterocycles. The number of hydrogen-bond donors (Lipinski definition) is 1. The molecule has 1 saturated heterocycles. The normalized spacial score (nSPS) is 19.6. The fraction of sp³-hybridized carbons (Fsp3) is 0.650. The molecule has 0 bridgehead atoms. The molecule has 0 amide bonds. The van der Waals surface area contributed by atoms with E-state index < -0.39 is 5.60 Å². The van der Waals surface area contributed by atoms with Crippen molar-refractivity contribution in [2.45, 2.75) is 71.7 Å². The van der Waals surface area contributed by atoms with E-state index in [0.717, 1.165) is 32.3 Å². The van der Waals surface area contributed by atoms with Gasteiger partial charge in [-0.15, -0.1) is 0 Å². The van der Waals surface area contributed by atoms with E-state index in [0.29, 0.717) is 12.2 Å². The molecule has 1 unspecified atom stereocenters. The minimum atomic E-state index is -1.14. The van der Waals surface area contributed by atoms with Crippen LogP contribution in [-0.4, -0.2) is 36.0 Å². The first-order valence-corrected chi connectivity index (χ1v) is 8.63. The molecule has 1 rings (SSSR count). The van der Waals surface area contributed by atoms with E-state index in [1.165, 1.54) is 12.0 Å². The molecule has 4 nitrogen and oxygen atoms in total. The van der Waals surface area contributed by atoms with Crippen molar-refractivity contribution >= 4 is 5.78 Å². The van der Waals surface area contributed by atoms with Crippen LogP contribution in [0.2, 0.25) is 0 Å². The lowest BCUT2D eigenvalue weighted by Crippen LogP contribution is -2.22. The monoisotopic (exact) mass is 334 g/mol. The van der Waals surface area contributed by atoms with Crippen LogP contribution < -0.4 is 0 Å². The second kappa shape index (κ2) is 10.5. The van der Waals surface area contributed by atoms with Gasteiger partial charge in [0, 0.05) is 12.2 Å². The smallest absolute Gasteiger partial charge is 0.231 e. The van der Waals surface area contributed by atoms with Gasteiger partial charge in [-0.3, -0.25) is 4.79 Å². The maximum atomic E-state index is 11.8. The van der Waals surface area contributed by atoms with Gasteiger partial charge in [-0.25, -0.2) is 0 Å². The second-order valence-corrected chi connectivity index (χ2v) is 6.74. The van der Waals surface area contributed by atoms with E-state index in [2.05, 4.69) is 24.8 Å². The zero-order valence-electron chi connectivity index (χ0n) is 15.4. The van der Waals surface area contributed by atoms with Crippen LogP contribution in [0.15, 0.2) is 23.3 Å². The zero-order chi connectivity index (χ0) is 18.0. The second-order valence-electron chi connectivity index (χ2n) is 6.74. The summed E-state index contributed by atoms with van der Waals surface area (Å²) < 4.78 is 11.2. The standard InChI is InChI=1S/C20H30O4/c1-16(12-15-24-19-10-5-6-14-23-19)8-7-9-17(2)18(21)11-13-20(3,4)22/h9,12,19,22H,5-8,10,14-15H2,1-4H3/b16-12+,17-9+. The fourth-order valence-corrected chi connectivity index (χ4v) is 2.16. The van der Waals surface area contributed by atoms with Crippen LogP contribution in [0.5, 0.6) is 0 Å². The molecule has 0 aliphatic carbocycles. The van der Waals surface area contributed by atoms with Crippen molar-refractivity contribution < 1.29 is 19.4 Å². The van der Waals surface area contributed by atoms with Crippen LogP contribution in [0.25, 0.3) is 0 Å². The molecule has 4 heteroatoms. The Bertz CT molecular complexity index is 520. The molecule has 24 heavy (non-hydrogen) atoms. The van der Waals surface area contributed by atoms with Crippen LogP contribution in [0.1, 0.15) is 59.8 Å². The van der Waals surface area contributed by atoms with Crippen LogP contribution in [0.4, 0.5) is 0 Å². The van der Waals surface area contributed by atoms with E-state index in [9.17, 15) is 9.90 Å². The third-order valence-corrected chi connectivity index (χ3v) is 3.68. The zero-order valence-corrected chi connectivity index (χ0v) is 15.4. The van der Waals surface area contributed by atoms with E-state index in [1.54, 1.807) is 20.8 Å². The Morgan fingerprint density at radius 3 is 2.71 bits per heavy atom. The largest absolute Gasteiger partial charge is 0.378 e. The van der Waals surface area contributed by atoms with Crippen LogP contribution in [-0.2, 0) is 14.3 Å². The van der Waals surface area contributed by atoms with Gasteiger partial charge < -0.3 is 14.6 Å². The molecule has 1 atom stereocenters. The predicted octanol–water partition coefficient (Wildman–Crippen LogP) is 3.55. The Morgan fingerprint density at radius 2 is 2.08 bits per heavy atom. The minimum absolute atomic E-state index is 0.0584. The van der Waals surface area contributed by atoms with Crippen molar-refractivity contribution in [1.82, 2.24) is 0 Å². The summed E-state index contributed by atoms with van der Waals surface area (Å²) in [5.74, 6) is 4.77. The number of allylic oxidation sites excluding steroid dienone is 3. The van der Waals surface area contributed by atoms with Gasteiger partial charge in [0.1, 0.15) is 5.60 Å². The molecule has 1 heterocycles. The Morgan fingerprint density at radius 1 is 1.33 bits per heavy atom. The number of carbonyl (C=O) groups is 1. The molecule has 1 N–H and O–H groups in total. The molecule has 0 aromatic carbocycles. The Kier molecular flexibility index (Phi) is 8.99. The van der Waals surface area contributed by atoms with Crippen molar-refractivity contribution in [3.8, 4) is 11.8 Å². The van der Waals surface area contributed by atoms with Crippen molar-refractivity contribution in [2.24, 2.45) is 0 Å². The lowest BCUT2D eigenvalue weighted by Gasteiger charge is -2.22. The van der Waals surface area contributed by atoms with E-state index in [1.807, 2.05) is 6.08 Å². The van der Waals surface area contributed by atoms with Crippen LogP contribution >= 0.6 is 0 Å². The summed E-state index contributed by atoms with van der Waals surface area (Å²) >= 11 is 0. The van der Waals surface area contributed by atoms with E-state index >= 15 is 0 Å². The van der Waals surface area contributed by atoms with Gasteiger partial charge in [-0.1, -0.05) is 23.6 Å². The van der Waals surface area contributed by atoms with Crippen LogP contribution in [0, 0.1) is 11.8 Å². The average molecular weight is 334 g/mol. The molecule has 134 valence electrons. The van der Waals surface area contributed by atoms with Crippen molar-refractivity contribution in [3.63, 3.8) is 0 Å². The molecule has 1 aliphatic heterocycles. The Balaban J connectivity index is 2.31. The number of ether oxygens (including phenoxy) is 2. The summed E-state index contributed by atoms with van der Waals surface area (Å²) in [6.07, 6.45) is 8.82. The third kappa shape index (κ3) is 9.67. The van der Waals surface area contributed by atoms with Gasteiger partial charge in [0.05, 0.1) is 6.61 Å². The SMILES string of the molecule is C/C(=C\COC1CCCCO1)CC/C=C(\C)C(=O)C#CC(C)(C)O. The lowest BCUT2D eigenvalue weighted by atomic mass is 10.1. The van der Waals surface area contributed by atoms with Gasteiger partial charge in [0.2, 0.25) is 5.78 Å². The molecule has 0 saturated carbocycles. The summed E-state index contributed by atoms with van der Waals surface area (Å²) in [7, 11) is 0. The summed E-state index contributed by atoms with van der Waals surface area (Å²) in [5, 5.41) is 9.50. The molecular weight excluding hydrogens is 304 g/mol. The number of Topliss-reactive ketones (excluding diaryl/α,β-unsaturated/α-hetero) is 1. The first kappa shape index (κ1) is 20.6. The highest BCUT2D eigenvalue weighted by Gasteiger charge is 2.12. The average Bonchev–Trinajstić information content (AvgIpc) is 2.52. The summed E-state index contributed by atoms with van der Waals surface area (Å²) in [4.78, 5) is 11.8. The molecule has 0 spiro atoms. The van der Waals surface area contributed by atoms with Gasteiger partial charge >= 0.3 is 0 Å². The predicted molar refractivity (Wildman–Crippen MR) is 95.4 cm³/mol. The maximum absolute atomic E-state index is 11.8. The van der Waals surface area contributed by atoms with E-state index in [-0.39, 0.29) is 12.1 Å². The molecule has 0 aromatic rings. The number of carbonyl (C=O) groups excluding carboxylic acids is 1. The van der Waals surface area contributed by atoms with Gasteiger partial charge in [0.15, 0.2) is 6.29 Å². The minimum Gasteiger partial charge on any atom is -0.378 e. The number of aliphatic hydroxyl groups is 1. The van der Waals surface area contributed by atoms with Gasteiger partial charge in [-0.05, 0) is 65.7 Å². The summed E-state index contributed by atoms with van der Waals surface area (Å²) in [6, 6.07) is 0. The summed E-state index contributed by atoms with van der Waals surface area (Å²) in [5.41, 5.74) is 0.702. The molecule has 0 radical (unpaired) electrons. The first-order chi connectivity index (χ1) is 11.3. The molecular formula is C20H30O4. The maximum Gasteiger partial charge on any atom is 0.231 e. The first-order valence-electron chi connectivity index (χ1n) is 8.63. The Hall–Kier alpha value is -1.41. The highest BCUT2D eigenvalue weighted by atomic mass is 16.7. The lowest BCUT2D eigenvalue weighted by molar-refractivity contribution is -0.155. The van der Waals surface area contributed by atoms with Crippen molar-refractivity contribution in [2.75, 3.05) is 13.2 Å².